The van der Waals surface area contributed by atoms with E-state index in [1.165, 1.54) is 24.0 Å². The largest absolute Gasteiger partial charge is 0.313 e. The van der Waals surface area contributed by atoms with Crippen LogP contribution in [0.25, 0.3) is 0 Å². The zero-order chi connectivity index (χ0) is 11.1. The first-order valence-corrected chi connectivity index (χ1v) is 6.01. The molecule has 0 fully saturated rings. The second-order valence-electron chi connectivity index (χ2n) is 4.53. The van der Waals surface area contributed by atoms with Crippen LogP contribution in [-0.4, -0.2) is 6.54 Å². The lowest BCUT2D eigenvalue weighted by Crippen LogP contribution is -2.11. The minimum Gasteiger partial charge on any atom is -0.313 e. The molecule has 1 N–H and O–H groups in total. The maximum absolute atomic E-state index is 3.36. The first kappa shape index (κ1) is 12.3. The van der Waals surface area contributed by atoms with Crippen LogP contribution < -0.4 is 5.32 Å². The predicted molar refractivity (Wildman–Crippen MR) is 67.0 cm³/mol. The van der Waals surface area contributed by atoms with Crippen molar-refractivity contribution in [3.8, 4) is 0 Å². The molecule has 0 spiro atoms. The van der Waals surface area contributed by atoms with E-state index < -0.39 is 0 Å². The van der Waals surface area contributed by atoms with Crippen molar-refractivity contribution in [3.63, 3.8) is 0 Å². The maximum Gasteiger partial charge on any atom is 0.0205 e. The zero-order valence-corrected chi connectivity index (χ0v) is 10.2. The van der Waals surface area contributed by atoms with Gasteiger partial charge in [-0.2, -0.15) is 0 Å². The maximum atomic E-state index is 3.36. The Balaban J connectivity index is 2.50. The fourth-order valence-corrected chi connectivity index (χ4v) is 1.62. The average Bonchev–Trinajstić information content (AvgIpc) is 2.24. The van der Waals surface area contributed by atoms with Gasteiger partial charge in [0.25, 0.3) is 0 Å². The summed E-state index contributed by atoms with van der Waals surface area (Å²) in [5.41, 5.74) is 2.87. The van der Waals surface area contributed by atoms with Crippen LogP contribution in [0.3, 0.4) is 0 Å². The standard InChI is InChI=1S/C14H23N/c1-4-15-11-14-7-5-6-13(10-14)9-8-12(2)3/h5-7,10,12,15H,4,8-9,11H2,1-3H3. The molecule has 0 unspecified atom stereocenters. The van der Waals surface area contributed by atoms with E-state index >= 15 is 0 Å². The molecule has 0 atom stereocenters. The van der Waals surface area contributed by atoms with Crippen molar-refractivity contribution >= 4 is 0 Å². The highest BCUT2D eigenvalue weighted by Gasteiger charge is 1.98. The third kappa shape index (κ3) is 4.98. The Morgan fingerprint density at radius 1 is 1.20 bits per heavy atom. The normalized spacial score (nSPS) is 10.9. The van der Waals surface area contributed by atoms with Gasteiger partial charge in [-0.15, -0.1) is 0 Å². The van der Waals surface area contributed by atoms with E-state index in [0.29, 0.717) is 0 Å². The van der Waals surface area contributed by atoms with E-state index in [-0.39, 0.29) is 0 Å². The minimum atomic E-state index is 0.794. The van der Waals surface area contributed by atoms with Gasteiger partial charge in [0.05, 0.1) is 0 Å². The van der Waals surface area contributed by atoms with Gasteiger partial charge in [-0.25, -0.2) is 0 Å². The predicted octanol–water partition coefficient (Wildman–Crippen LogP) is 3.38. The monoisotopic (exact) mass is 205 g/mol. The van der Waals surface area contributed by atoms with Gasteiger partial charge in [0.2, 0.25) is 0 Å². The molecule has 0 radical (unpaired) electrons. The number of nitrogens with one attached hydrogen (secondary N) is 1. The molecule has 0 aromatic heterocycles. The highest BCUT2D eigenvalue weighted by atomic mass is 14.8. The van der Waals surface area contributed by atoms with Gasteiger partial charge in [-0.1, -0.05) is 45.0 Å². The molecule has 1 heteroatoms. The van der Waals surface area contributed by atoms with E-state index in [1.54, 1.807) is 0 Å². The fourth-order valence-electron chi connectivity index (χ4n) is 1.62. The Labute approximate surface area is 93.9 Å². The molecule has 0 amide bonds. The number of benzene rings is 1. The third-order valence-electron chi connectivity index (χ3n) is 2.58. The van der Waals surface area contributed by atoms with Crippen molar-refractivity contribution < 1.29 is 0 Å². The summed E-state index contributed by atoms with van der Waals surface area (Å²) in [4.78, 5) is 0. The van der Waals surface area contributed by atoms with Crippen LogP contribution in [0.5, 0.6) is 0 Å². The number of aryl methyl sites for hydroxylation is 1. The van der Waals surface area contributed by atoms with E-state index in [0.717, 1.165) is 19.0 Å². The summed E-state index contributed by atoms with van der Waals surface area (Å²) in [5.74, 6) is 0.794. The Hall–Kier alpha value is -0.820. The van der Waals surface area contributed by atoms with Gasteiger partial charge >= 0.3 is 0 Å². The van der Waals surface area contributed by atoms with Crippen LogP contribution in [0.2, 0.25) is 0 Å². The highest BCUT2D eigenvalue weighted by Crippen LogP contribution is 2.11. The lowest BCUT2D eigenvalue weighted by Gasteiger charge is -2.07. The van der Waals surface area contributed by atoms with Gasteiger partial charge < -0.3 is 5.32 Å². The van der Waals surface area contributed by atoms with E-state index in [1.807, 2.05) is 0 Å². The van der Waals surface area contributed by atoms with Crippen LogP contribution in [0.1, 0.15) is 38.3 Å². The van der Waals surface area contributed by atoms with Crippen molar-refractivity contribution in [2.75, 3.05) is 6.54 Å². The highest BCUT2D eigenvalue weighted by molar-refractivity contribution is 5.23. The average molecular weight is 205 g/mol. The van der Waals surface area contributed by atoms with Crippen LogP contribution >= 0.6 is 0 Å². The quantitative estimate of drug-likeness (QED) is 0.750. The molecule has 0 aliphatic rings. The number of hydrogen-bond donors (Lipinski definition) is 1. The molecule has 0 aliphatic carbocycles. The Morgan fingerprint density at radius 2 is 1.93 bits per heavy atom. The number of hydrogen-bond acceptors (Lipinski definition) is 1. The van der Waals surface area contributed by atoms with Gasteiger partial charge in [-0.05, 0) is 36.4 Å². The summed E-state index contributed by atoms with van der Waals surface area (Å²) in [6, 6.07) is 8.92. The van der Waals surface area contributed by atoms with E-state index in [9.17, 15) is 0 Å². The molecule has 0 aliphatic heterocycles. The van der Waals surface area contributed by atoms with Crippen LogP contribution in [0.4, 0.5) is 0 Å². The van der Waals surface area contributed by atoms with Crippen LogP contribution in [0.15, 0.2) is 24.3 Å². The van der Waals surface area contributed by atoms with Crippen molar-refractivity contribution in [2.24, 2.45) is 5.92 Å². The third-order valence-corrected chi connectivity index (χ3v) is 2.58. The summed E-state index contributed by atoms with van der Waals surface area (Å²) < 4.78 is 0. The molecule has 1 nitrogen and oxygen atoms in total. The summed E-state index contributed by atoms with van der Waals surface area (Å²) in [6.07, 6.45) is 2.49. The van der Waals surface area contributed by atoms with Crippen molar-refractivity contribution in [2.45, 2.75) is 40.2 Å². The molecular weight excluding hydrogens is 182 g/mol. The SMILES string of the molecule is CCNCc1cccc(CCC(C)C)c1. The molecule has 1 aromatic carbocycles. The first-order chi connectivity index (χ1) is 7.22. The lowest BCUT2D eigenvalue weighted by atomic mass is 10.0. The lowest BCUT2D eigenvalue weighted by molar-refractivity contribution is 0.586. The molecule has 15 heavy (non-hydrogen) atoms. The summed E-state index contributed by atoms with van der Waals surface area (Å²) in [6.45, 7) is 8.73. The second kappa shape index (κ2) is 6.62. The molecule has 0 bridgehead atoms. The Morgan fingerprint density at radius 3 is 2.60 bits per heavy atom. The molecule has 0 heterocycles. The molecule has 1 rings (SSSR count). The molecule has 0 saturated carbocycles. The van der Waals surface area contributed by atoms with E-state index in [4.69, 9.17) is 0 Å². The Kier molecular flexibility index (Phi) is 5.41. The summed E-state index contributed by atoms with van der Waals surface area (Å²) >= 11 is 0. The topological polar surface area (TPSA) is 12.0 Å². The Bertz CT molecular complexity index is 278. The van der Waals surface area contributed by atoms with Crippen LogP contribution in [0, 0.1) is 5.92 Å². The van der Waals surface area contributed by atoms with Gasteiger partial charge in [0, 0.05) is 6.54 Å². The molecule has 0 saturated heterocycles. The first-order valence-electron chi connectivity index (χ1n) is 6.01. The second-order valence-corrected chi connectivity index (χ2v) is 4.53. The minimum absolute atomic E-state index is 0.794. The summed E-state index contributed by atoms with van der Waals surface area (Å²) in [5, 5.41) is 3.36. The molecule has 84 valence electrons. The van der Waals surface area contributed by atoms with Crippen molar-refractivity contribution in [1.29, 1.82) is 0 Å². The molecular formula is C14H23N. The van der Waals surface area contributed by atoms with Gasteiger partial charge in [-0.3, -0.25) is 0 Å². The zero-order valence-electron chi connectivity index (χ0n) is 10.2. The fraction of sp³-hybridized carbons (Fsp3) is 0.571. The van der Waals surface area contributed by atoms with Crippen molar-refractivity contribution in [3.05, 3.63) is 35.4 Å². The number of rotatable bonds is 6. The van der Waals surface area contributed by atoms with E-state index in [2.05, 4.69) is 50.4 Å². The van der Waals surface area contributed by atoms with Gasteiger partial charge in [0.1, 0.15) is 0 Å². The smallest absolute Gasteiger partial charge is 0.0205 e. The molecule has 1 aromatic rings. The summed E-state index contributed by atoms with van der Waals surface area (Å²) in [7, 11) is 0. The van der Waals surface area contributed by atoms with Crippen molar-refractivity contribution in [1.82, 2.24) is 5.32 Å². The van der Waals surface area contributed by atoms with Crippen LogP contribution in [-0.2, 0) is 13.0 Å². The van der Waals surface area contributed by atoms with Gasteiger partial charge in [0.15, 0.2) is 0 Å².